The van der Waals surface area contributed by atoms with Crippen LogP contribution in [-0.4, -0.2) is 41.2 Å². The fourth-order valence-corrected chi connectivity index (χ4v) is 5.32. The van der Waals surface area contributed by atoms with Crippen molar-refractivity contribution >= 4 is 25.7 Å². The monoisotopic (exact) mass is 328 g/mol. The Kier molecular flexibility index (Phi) is 3.14. The van der Waals surface area contributed by atoms with Gasteiger partial charge in [0, 0.05) is 23.8 Å². The summed E-state index contributed by atoms with van der Waals surface area (Å²) in [5.74, 6) is 0.413. The largest absolute Gasteiger partial charge is 0.267 e. The molecule has 3 rings (SSSR count). The molecule has 2 aliphatic rings. The molecule has 0 saturated heterocycles. The molecule has 1 fully saturated rings. The van der Waals surface area contributed by atoms with Crippen LogP contribution in [0.4, 0.5) is 0 Å². The first-order valence-corrected chi connectivity index (χ1v) is 10.1. The molecule has 114 valence electrons. The molecule has 1 aliphatic carbocycles. The third-order valence-electron chi connectivity index (χ3n) is 3.76. The number of fused-ring (bicyclic) bond motifs is 1. The van der Waals surface area contributed by atoms with Gasteiger partial charge in [0.1, 0.15) is 15.7 Å². The van der Waals surface area contributed by atoms with E-state index in [0.717, 1.165) is 12.8 Å². The highest BCUT2D eigenvalue weighted by Gasteiger charge is 2.45. The molecular formula is C13H16N2O4S2. The minimum Gasteiger partial charge on any atom is -0.267 e. The van der Waals surface area contributed by atoms with Gasteiger partial charge in [0.05, 0.1) is 10.6 Å². The topological polar surface area (TPSA) is 92.7 Å². The Balaban J connectivity index is 1.87. The van der Waals surface area contributed by atoms with E-state index < -0.39 is 19.9 Å². The van der Waals surface area contributed by atoms with Crippen molar-refractivity contribution in [3.8, 4) is 0 Å². The van der Waals surface area contributed by atoms with Crippen LogP contribution in [0.3, 0.4) is 0 Å². The normalized spacial score (nSPS) is 23.6. The molecule has 0 spiro atoms. The van der Waals surface area contributed by atoms with E-state index in [1.807, 2.05) is 0 Å². The summed E-state index contributed by atoms with van der Waals surface area (Å²) in [6.07, 6.45) is 2.84. The van der Waals surface area contributed by atoms with Crippen LogP contribution in [0.5, 0.6) is 0 Å². The standard InChI is InChI=1S/C13H16N2O4S2/c1-20(16,17)9-13(6-7-13)8-14-12-10-4-2-3-5-11(10)21(18,19)15-12/h2-5H,6-9H2,1H3,(H,14,15). The molecular weight excluding hydrogens is 312 g/mol. The lowest BCUT2D eigenvalue weighted by atomic mass is 10.1. The van der Waals surface area contributed by atoms with E-state index in [1.54, 1.807) is 18.2 Å². The molecule has 8 heteroatoms. The van der Waals surface area contributed by atoms with Gasteiger partial charge in [0.15, 0.2) is 0 Å². The zero-order valence-electron chi connectivity index (χ0n) is 11.5. The number of rotatable bonds is 4. The Labute approximate surface area is 124 Å². The number of hydrogen-bond acceptors (Lipinski definition) is 5. The van der Waals surface area contributed by atoms with Crippen LogP contribution in [0.2, 0.25) is 0 Å². The molecule has 0 aromatic heterocycles. The summed E-state index contributed by atoms with van der Waals surface area (Å²) < 4.78 is 49.2. The molecule has 1 aliphatic heterocycles. The number of amidine groups is 1. The third kappa shape index (κ3) is 2.96. The zero-order valence-corrected chi connectivity index (χ0v) is 13.2. The van der Waals surface area contributed by atoms with Gasteiger partial charge in [-0.2, -0.15) is 0 Å². The molecule has 1 aromatic carbocycles. The maximum atomic E-state index is 11.9. The van der Waals surface area contributed by atoms with Crippen molar-refractivity contribution in [3.63, 3.8) is 0 Å². The fraction of sp³-hybridized carbons (Fsp3) is 0.462. The molecule has 0 radical (unpaired) electrons. The van der Waals surface area contributed by atoms with Gasteiger partial charge in [-0.3, -0.25) is 9.71 Å². The summed E-state index contributed by atoms with van der Waals surface area (Å²) in [5.41, 5.74) is 0.233. The van der Waals surface area contributed by atoms with Crippen molar-refractivity contribution in [1.29, 1.82) is 0 Å². The van der Waals surface area contributed by atoms with Gasteiger partial charge in [0.2, 0.25) is 0 Å². The maximum Gasteiger partial charge on any atom is 0.263 e. The Morgan fingerprint density at radius 3 is 2.57 bits per heavy atom. The highest BCUT2D eigenvalue weighted by atomic mass is 32.2. The second-order valence-corrected chi connectivity index (χ2v) is 9.63. The van der Waals surface area contributed by atoms with Crippen LogP contribution >= 0.6 is 0 Å². The van der Waals surface area contributed by atoms with Crippen LogP contribution in [-0.2, 0) is 19.9 Å². The first kappa shape index (κ1) is 14.5. The quantitative estimate of drug-likeness (QED) is 0.873. The van der Waals surface area contributed by atoms with Gasteiger partial charge in [-0.1, -0.05) is 12.1 Å². The molecule has 1 saturated carbocycles. The molecule has 0 amide bonds. The summed E-state index contributed by atoms with van der Waals surface area (Å²) in [7, 11) is -6.59. The van der Waals surface area contributed by atoms with E-state index >= 15 is 0 Å². The summed E-state index contributed by atoms with van der Waals surface area (Å²) in [6.45, 7) is 0.326. The second kappa shape index (κ2) is 4.54. The highest BCUT2D eigenvalue weighted by Crippen LogP contribution is 2.47. The molecule has 0 unspecified atom stereocenters. The number of hydrogen-bond donors (Lipinski definition) is 1. The lowest BCUT2D eigenvalue weighted by molar-refractivity contribution is 0.551. The van der Waals surface area contributed by atoms with E-state index in [-0.39, 0.29) is 16.1 Å². The molecule has 21 heavy (non-hydrogen) atoms. The second-order valence-electron chi connectivity index (χ2n) is 5.84. The van der Waals surface area contributed by atoms with E-state index in [9.17, 15) is 16.8 Å². The predicted octanol–water partition coefficient (Wildman–Crippen LogP) is 0.550. The summed E-state index contributed by atoms with van der Waals surface area (Å²) >= 11 is 0. The lowest BCUT2D eigenvalue weighted by Crippen LogP contribution is -2.25. The van der Waals surface area contributed by atoms with Gasteiger partial charge in [-0.05, 0) is 25.0 Å². The average molecular weight is 328 g/mol. The molecule has 1 N–H and O–H groups in total. The first-order valence-electron chi connectivity index (χ1n) is 6.55. The van der Waals surface area contributed by atoms with Crippen molar-refractivity contribution in [2.75, 3.05) is 18.6 Å². The minimum absolute atomic E-state index is 0.102. The molecule has 0 atom stereocenters. The van der Waals surface area contributed by atoms with Crippen LogP contribution in [0.1, 0.15) is 18.4 Å². The summed E-state index contributed by atoms with van der Waals surface area (Å²) in [5, 5.41) is 0. The first-order chi connectivity index (χ1) is 9.71. The number of benzene rings is 1. The van der Waals surface area contributed by atoms with Crippen molar-refractivity contribution in [1.82, 2.24) is 4.72 Å². The lowest BCUT2D eigenvalue weighted by Gasteiger charge is -2.11. The van der Waals surface area contributed by atoms with E-state index in [0.29, 0.717) is 17.9 Å². The number of nitrogens with zero attached hydrogens (tertiary/aromatic N) is 1. The van der Waals surface area contributed by atoms with Crippen molar-refractivity contribution in [2.24, 2.45) is 10.4 Å². The van der Waals surface area contributed by atoms with Gasteiger partial charge in [0.25, 0.3) is 10.0 Å². The van der Waals surface area contributed by atoms with Gasteiger partial charge in [-0.15, -0.1) is 0 Å². The van der Waals surface area contributed by atoms with Gasteiger partial charge < -0.3 is 0 Å². The van der Waals surface area contributed by atoms with Gasteiger partial charge >= 0.3 is 0 Å². The predicted molar refractivity (Wildman–Crippen MR) is 79.5 cm³/mol. The Morgan fingerprint density at radius 2 is 1.95 bits per heavy atom. The van der Waals surface area contributed by atoms with E-state index in [4.69, 9.17) is 0 Å². The SMILES string of the molecule is CS(=O)(=O)CC1(CN=C2NS(=O)(=O)c3ccccc32)CC1. The highest BCUT2D eigenvalue weighted by molar-refractivity contribution is 7.91. The number of aliphatic imine (C=N–C) groups is 1. The van der Waals surface area contributed by atoms with Crippen molar-refractivity contribution < 1.29 is 16.8 Å². The summed E-state index contributed by atoms with van der Waals surface area (Å²) in [6, 6.07) is 6.64. The molecule has 1 aromatic rings. The van der Waals surface area contributed by atoms with Crippen LogP contribution in [0, 0.1) is 5.41 Å². The summed E-state index contributed by atoms with van der Waals surface area (Å²) in [4.78, 5) is 4.56. The Bertz CT molecular complexity index is 821. The Hall–Kier alpha value is -1.41. The van der Waals surface area contributed by atoms with E-state index in [1.165, 1.54) is 12.3 Å². The average Bonchev–Trinajstić information content (AvgIpc) is 3.06. The molecule has 6 nitrogen and oxygen atoms in total. The number of sulfonamides is 1. The minimum atomic E-state index is -3.54. The molecule has 1 heterocycles. The van der Waals surface area contributed by atoms with Crippen LogP contribution in [0.15, 0.2) is 34.2 Å². The maximum absolute atomic E-state index is 11.9. The fourth-order valence-electron chi connectivity index (χ4n) is 2.58. The van der Waals surface area contributed by atoms with Gasteiger partial charge in [-0.25, -0.2) is 16.8 Å². The Morgan fingerprint density at radius 1 is 1.29 bits per heavy atom. The smallest absolute Gasteiger partial charge is 0.263 e. The molecule has 0 bridgehead atoms. The van der Waals surface area contributed by atoms with Crippen LogP contribution in [0.25, 0.3) is 0 Å². The van der Waals surface area contributed by atoms with Crippen molar-refractivity contribution in [3.05, 3.63) is 29.8 Å². The van der Waals surface area contributed by atoms with Crippen molar-refractivity contribution in [2.45, 2.75) is 17.7 Å². The number of nitrogens with one attached hydrogen (secondary N) is 1. The van der Waals surface area contributed by atoms with Crippen LogP contribution < -0.4 is 4.72 Å². The number of sulfone groups is 1. The van der Waals surface area contributed by atoms with E-state index in [2.05, 4.69) is 9.71 Å². The zero-order chi connectivity index (χ0) is 15.3. The third-order valence-corrected chi connectivity index (χ3v) is 6.29.